The quantitative estimate of drug-likeness (QED) is 0.903. The van der Waals surface area contributed by atoms with Crippen molar-refractivity contribution in [2.24, 2.45) is 5.92 Å². The summed E-state index contributed by atoms with van der Waals surface area (Å²) in [7, 11) is 0. The topological polar surface area (TPSA) is 65.8 Å². The van der Waals surface area contributed by atoms with Crippen molar-refractivity contribution in [3.8, 4) is 6.07 Å². The second-order valence-electron chi connectivity index (χ2n) is 5.48. The maximum atomic E-state index is 12.3. The van der Waals surface area contributed by atoms with Crippen LogP contribution in [0.1, 0.15) is 53.0 Å². The molecule has 0 aromatic carbocycles. The number of carbonyl (C=O) groups is 1. The van der Waals surface area contributed by atoms with Gasteiger partial charge in [-0.3, -0.25) is 4.79 Å². The summed E-state index contributed by atoms with van der Waals surface area (Å²) < 4.78 is 0. The highest BCUT2D eigenvalue weighted by molar-refractivity contribution is 7.13. The minimum atomic E-state index is -0.687. The molecule has 0 bridgehead atoms. The summed E-state index contributed by atoms with van der Waals surface area (Å²) in [5.41, 5.74) is 0.0609. The molecule has 0 atom stereocenters. The molecule has 0 radical (unpaired) electrons. The van der Waals surface area contributed by atoms with E-state index in [1.54, 1.807) is 0 Å². The van der Waals surface area contributed by atoms with E-state index >= 15 is 0 Å². The zero-order chi connectivity index (χ0) is 14.0. The number of hydrogen-bond acceptors (Lipinski definition) is 4. The Labute approximate surface area is 117 Å². The van der Waals surface area contributed by atoms with Crippen molar-refractivity contribution >= 4 is 17.2 Å². The Kier molecular flexibility index (Phi) is 3.91. The number of hydrogen-bond donors (Lipinski definition) is 1. The van der Waals surface area contributed by atoms with Crippen LogP contribution in [-0.2, 0) is 0 Å². The van der Waals surface area contributed by atoms with Crippen LogP contribution in [0.15, 0.2) is 0 Å². The van der Waals surface area contributed by atoms with E-state index in [4.69, 9.17) is 0 Å². The molecule has 1 aliphatic carbocycles. The summed E-state index contributed by atoms with van der Waals surface area (Å²) in [6.45, 7) is 5.91. The molecule has 4 nitrogen and oxygen atoms in total. The number of nitriles is 1. The highest BCUT2D eigenvalue weighted by atomic mass is 32.1. The van der Waals surface area contributed by atoms with Crippen LogP contribution in [0.2, 0.25) is 0 Å². The molecule has 1 aliphatic rings. The van der Waals surface area contributed by atoms with E-state index in [0.29, 0.717) is 10.8 Å². The zero-order valence-corrected chi connectivity index (χ0v) is 12.4. The van der Waals surface area contributed by atoms with Gasteiger partial charge in [-0.25, -0.2) is 4.98 Å². The van der Waals surface area contributed by atoms with Gasteiger partial charge in [0, 0.05) is 0 Å². The first-order valence-electron chi connectivity index (χ1n) is 6.63. The van der Waals surface area contributed by atoms with Gasteiger partial charge in [-0.1, -0.05) is 6.92 Å². The van der Waals surface area contributed by atoms with Crippen molar-refractivity contribution in [3.63, 3.8) is 0 Å². The Morgan fingerprint density at radius 1 is 1.47 bits per heavy atom. The number of thiazole rings is 1. The number of carbonyl (C=O) groups excluding carboxylic acids is 1. The van der Waals surface area contributed by atoms with Gasteiger partial charge < -0.3 is 5.32 Å². The lowest BCUT2D eigenvalue weighted by Crippen LogP contribution is -2.49. The van der Waals surface area contributed by atoms with Crippen LogP contribution in [0.25, 0.3) is 0 Å². The van der Waals surface area contributed by atoms with Gasteiger partial charge in [0.25, 0.3) is 5.91 Å². The zero-order valence-electron chi connectivity index (χ0n) is 11.6. The normalized spacial score (nSPS) is 26.7. The molecular weight excluding hydrogens is 258 g/mol. The van der Waals surface area contributed by atoms with Crippen molar-refractivity contribution < 1.29 is 4.79 Å². The lowest BCUT2D eigenvalue weighted by atomic mass is 9.78. The summed E-state index contributed by atoms with van der Waals surface area (Å²) in [4.78, 5) is 17.2. The van der Waals surface area contributed by atoms with Gasteiger partial charge in [0.2, 0.25) is 0 Å². The largest absolute Gasteiger partial charge is 0.333 e. The Morgan fingerprint density at radius 2 is 2.11 bits per heavy atom. The standard InChI is InChI=1S/C14H19N3OS/c1-9-4-6-14(8-15,7-5-9)17-13(18)12-10(2)16-11(3)19-12/h9H,4-7H2,1-3H3,(H,17,18). The molecule has 19 heavy (non-hydrogen) atoms. The summed E-state index contributed by atoms with van der Waals surface area (Å²) >= 11 is 1.39. The average Bonchev–Trinajstić information content (AvgIpc) is 2.72. The summed E-state index contributed by atoms with van der Waals surface area (Å²) in [6.07, 6.45) is 3.48. The maximum absolute atomic E-state index is 12.3. The SMILES string of the molecule is Cc1nc(C)c(C(=O)NC2(C#N)CCC(C)CC2)s1. The first-order chi connectivity index (χ1) is 8.96. The van der Waals surface area contributed by atoms with E-state index in [0.717, 1.165) is 36.4 Å². The van der Waals surface area contributed by atoms with Gasteiger partial charge in [-0.05, 0) is 45.4 Å². The Bertz CT molecular complexity index is 521. The summed E-state index contributed by atoms with van der Waals surface area (Å²) in [5, 5.41) is 13.2. The molecular formula is C14H19N3OS. The van der Waals surface area contributed by atoms with Gasteiger partial charge in [-0.15, -0.1) is 11.3 Å². The van der Waals surface area contributed by atoms with Crippen LogP contribution in [0.5, 0.6) is 0 Å². The first-order valence-corrected chi connectivity index (χ1v) is 7.45. The second-order valence-corrected chi connectivity index (χ2v) is 6.68. The fourth-order valence-corrected chi connectivity index (χ4v) is 3.35. The fourth-order valence-electron chi connectivity index (χ4n) is 2.54. The average molecular weight is 277 g/mol. The van der Waals surface area contributed by atoms with Gasteiger partial charge in [0.1, 0.15) is 10.4 Å². The third-order valence-electron chi connectivity index (χ3n) is 3.80. The van der Waals surface area contributed by atoms with E-state index in [2.05, 4.69) is 23.3 Å². The monoisotopic (exact) mass is 277 g/mol. The molecule has 0 unspecified atom stereocenters. The van der Waals surface area contributed by atoms with E-state index in [-0.39, 0.29) is 5.91 Å². The molecule has 102 valence electrons. The van der Waals surface area contributed by atoms with Crippen molar-refractivity contribution in [3.05, 3.63) is 15.6 Å². The fraction of sp³-hybridized carbons (Fsp3) is 0.643. The van der Waals surface area contributed by atoms with E-state index < -0.39 is 5.54 Å². The van der Waals surface area contributed by atoms with Crippen molar-refractivity contribution in [1.29, 1.82) is 5.26 Å². The third-order valence-corrected chi connectivity index (χ3v) is 4.88. The molecule has 1 fully saturated rings. The lowest BCUT2D eigenvalue weighted by molar-refractivity contribution is 0.0897. The van der Waals surface area contributed by atoms with Crippen LogP contribution in [-0.4, -0.2) is 16.4 Å². The predicted octanol–water partition coefficient (Wildman–Crippen LogP) is 2.96. The third kappa shape index (κ3) is 2.95. The summed E-state index contributed by atoms with van der Waals surface area (Å²) in [6, 6.07) is 2.32. The number of aryl methyl sites for hydroxylation is 2. The van der Waals surface area contributed by atoms with Gasteiger partial charge >= 0.3 is 0 Å². The summed E-state index contributed by atoms with van der Waals surface area (Å²) in [5.74, 6) is 0.491. The molecule has 1 aromatic heterocycles. The Hall–Kier alpha value is -1.41. The molecule has 5 heteroatoms. The van der Waals surface area contributed by atoms with Crippen LogP contribution < -0.4 is 5.32 Å². The Balaban J connectivity index is 2.13. The second kappa shape index (κ2) is 5.30. The number of nitrogens with zero attached hydrogens (tertiary/aromatic N) is 2. The molecule has 1 heterocycles. The minimum Gasteiger partial charge on any atom is -0.333 e. The number of amides is 1. The van der Waals surface area contributed by atoms with E-state index in [9.17, 15) is 10.1 Å². The van der Waals surface area contributed by atoms with E-state index in [1.165, 1.54) is 11.3 Å². The maximum Gasteiger partial charge on any atom is 0.264 e. The van der Waals surface area contributed by atoms with Crippen LogP contribution in [0, 0.1) is 31.1 Å². The molecule has 1 saturated carbocycles. The number of rotatable bonds is 2. The van der Waals surface area contributed by atoms with Crippen molar-refractivity contribution in [2.45, 2.75) is 52.0 Å². The smallest absolute Gasteiger partial charge is 0.264 e. The van der Waals surface area contributed by atoms with Gasteiger partial charge in [0.15, 0.2) is 0 Å². The minimum absolute atomic E-state index is 0.154. The van der Waals surface area contributed by atoms with Crippen LogP contribution >= 0.6 is 11.3 Å². The predicted molar refractivity (Wildman–Crippen MR) is 75.0 cm³/mol. The van der Waals surface area contributed by atoms with E-state index in [1.807, 2.05) is 13.8 Å². The molecule has 1 amide bonds. The Morgan fingerprint density at radius 3 is 2.58 bits per heavy atom. The molecule has 1 N–H and O–H groups in total. The van der Waals surface area contributed by atoms with Crippen molar-refractivity contribution in [2.75, 3.05) is 0 Å². The molecule has 0 saturated heterocycles. The lowest BCUT2D eigenvalue weighted by Gasteiger charge is -2.34. The number of aromatic nitrogens is 1. The molecule has 1 aromatic rings. The van der Waals surface area contributed by atoms with Crippen LogP contribution in [0.4, 0.5) is 0 Å². The molecule has 0 spiro atoms. The van der Waals surface area contributed by atoms with Gasteiger partial charge in [0.05, 0.1) is 16.8 Å². The number of nitrogens with one attached hydrogen (secondary N) is 1. The highest BCUT2D eigenvalue weighted by Gasteiger charge is 2.36. The van der Waals surface area contributed by atoms with Gasteiger partial charge in [-0.2, -0.15) is 5.26 Å². The first kappa shape index (κ1) is 14.0. The van der Waals surface area contributed by atoms with Crippen LogP contribution in [0.3, 0.4) is 0 Å². The highest BCUT2D eigenvalue weighted by Crippen LogP contribution is 2.32. The molecule has 0 aliphatic heterocycles. The molecule has 2 rings (SSSR count). The van der Waals surface area contributed by atoms with Crippen molar-refractivity contribution in [1.82, 2.24) is 10.3 Å².